The highest BCUT2D eigenvalue weighted by molar-refractivity contribution is 5.89. The van der Waals surface area contributed by atoms with Crippen molar-refractivity contribution in [3.8, 4) is 0 Å². The maximum atomic E-state index is 12.0. The maximum Gasteiger partial charge on any atom is 0.337 e. The zero-order chi connectivity index (χ0) is 14.7. The zero-order valence-electron chi connectivity index (χ0n) is 11.7. The second-order valence-corrected chi connectivity index (χ2v) is 4.58. The first-order valence-corrected chi connectivity index (χ1v) is 6.25. The number of methoxy groups -OCH3 is 1. The van der Waals surface area contributed by atoms with Crippen molar-refractivity contribution >= 4 is 5.97 Å². The summed E-state index contributed by atoms with van der Waals surface area (Å²) < 4.78 is 4.69. The average molecular weight is 272 g/mol. The number of benzene rings is 1. The molecule has 0 aliphatic carbocycles. The smallest absolute Gasteiger partial charge is 0.337 e. The Hall–Kier alpha value is -2.43. The van der Waals surface area contributed by atoms with Gasteiger partial charge in [0.15, 0.2) is 0 Å². The Balaban J connectivity index is 2.36. The summed E-state index contributed by atoms with van der Waals surface area (Å²) in [5.74, 6) is 0.207. The number of rotatable bonds is 3. The average Bonchev–Trinajstić information content (AvgIpc) is 2.42. The van der Waals surface area contributed by atoms with Crippen LogP contribution < -0.4 is 5.56 Å². The summed E-state index contributed by atoms with van der Waals surface area (Å²) in [4.78, 5) is 30.4. The van der Waals surface area contributed by atoms with Crippen LogP contribution in [-0.4, -0.2) is 23.0 Å². The van der Waals surface area contributed by atoms with Gasteiger partial charge in [0.2, 0.25) is 0 Å². The number of ether oxygens (including phenoxy) is 1. The molecular weight excluding hydrogens is 256 g/mol. The SMILES string of the molecule is COC(=O)c1cccc(Cc2c(C)nc(C)[nH]c2=O)c1. The molecule has 0 spiro atoms. The predicted octanol–water partition coefficient (Wildman–Crippen LogP) is 1.76. The first-order chi connectivity index (χ1) is 9.51. The minimum Gasteiger partial charge on any atom is -0.465 e. The minimum atomic E-state index is -0.389. The third-order valence-corrected chi connectivity index (χ3v) is 3.07. The minimum absolute atomic E-state index is 0.140. The molecule has 0 unspecified atom stereocenters. The largest absolute Gasteiger partial charge is 0.465 e. The Bertz CT molecular complexity index is 705. The molecule has 0 bridgehead atoms. The number of carbonyl (C=O) groups excluding carboxylic acids is 1. The summed E-state index contributed by atoms with van der Waals surface area (Å²) in [5, 5.41) is 0. The summed E-state index contributed by atoms with van der Waals surface area (Å²) in [5.41, 5.74) is 2.51. The van der Waals surface area contributed by atoms with Crippen LogP contribution in [-0.2, 0) is 11.2 Å². The number of aryl methyl sites for hydroxylation is 2. The van der Waals surface area contributed by atoms with Crippen LogP contribution in [0.25, 0.3) is 0 Å². The zero-order valence-corrected chi connectivity index (χ0v) is 11.7. The Kier molecular flexibility index (Phi) is 3.98. The van der Waals surface area contributed by atoms with E-state index < -0.39 is 0 Å². The van der Waals surface area contributed by atoms with Crippen molar-refractivity contribution in [3.05, 3.63) is 62.8 Å². The summed E-state index contributed by atoms with van der Waals surface area (Å²) >= 11 is 0. The number of H-pyrrole nitrogens is 1. The van der Waals surface area contributed by atoms with Gasteiger partial charge in [-0.15, -0.1) is 0 Å². The van der Waals surface area contributed by atoms with Crippen molar-refractivity contribution in [3.63, 3.8) is 0 Å². The Labute approximate surface area is 116 Å². The molecule has 0 atom stereocenters. The molecule has 5 heteroatoms. The lowest BCUT2D eigenvalue weighted by molar-refractivity contribution is 0.0600. The van der Waals surface area contributed by atoms with Crippen LogP contribution in [0.5, 0.6) is 0 Å². The summed E-state index contributed by atoms with van der Waals surface area (Å²) in [6, 6.07) is 7.04. The van der Waals surface area contributed by atoms with Crippen LogP contribution in [0.3, 0.4) is 0 Å². The van der Waals surface area contributed by atoms with Gasteiger partial charge in [0, 0.05) is 17.7 Å². The number of aromatic amines is 1. The molecule has 0 fully saturated rings. The highest BCUT2D eigenvalue weighted by atomic mass is 16.5. The van der Waals surface area contributed by atoms with Gasteiger partial charge in [0.25, 0.3) is 5.56 Å². The maximum absolute atomic E-state index is 12.0. The van der Waals surface area contributed by atoms with Gasteiger partial charge in [-0.25, -0.2) is 9.78 Å². The molecule has 1 aromatic heterocycles. The third-order valence-electron chi connectivity index (χ3n) is 3.07. The van der Waals surface area contributed by atoms with Crippen LogP contribution in [0.15, 0.2) is 29.1 Å². The number of aromatic nitrogens is 2. The molecule has 1 aromatic carbocycles. The molecule has 1 heterocycles. The van der Waals surface area contributed by atoms with E-state index in [1.54, 1.807) is 25.1 Å². The molecule has 0 amide bonds. The lowest BCUT2D eigenvalue weighted by Crippen LogP contribution is -2.18. The number of carbonyl (C=O) groups is 1. The molecule has 0 radical (unpaired) electrons. The van der Waals surface area contributed by atoms with Crippen molar-refractivity contribution in [2.24, 2.45) is 0 Å². The summed E-state index contributed by atoms with van der Waals surface area (Å²) in [7, 11) is 1.34. The monoisotopic (exact) mass is 272 g/mol. The molecule has 0 aliphatic rings. The molecule has 0 saturated heterocycles. The van der Waals surface area contributed by atoms with E-state index in [1.165, 1.54) is 7.11 Å². The van der Waals surface area contributed by atoms with Crippen LogP contribution in [0, 0.1) is 13.8 Å². The van der Waals surface area contributed by atoms with Crippen molar-refractivity contribution < 1.29 is 9.53 Å². The van der Waals surface area contributed by atoms with Crippen LogP contribution in [0.4, 0.5) is 0 Å². The van der Waals surface area contributed by atoms with E-state index in [9.17, 15) is 9.59 Å². The standard InChI is InChI=1S/C15H16N2O3/c1-9-13(14(18)17-10(2)16-9)8-11-5-4-6-12(7-11)15(19)20-3/h4-7H,8H2,1-3H3,(H,16,17,18). The summed E-state index contributed by atoms with van der Waals surface area (Å²) in [6.45, 7) is 3.55. The molecule has 2 rings (SSSR count). The van der Waals surface area contributed by atoms with E-state index in [2.05, 4.69) is 14.7 Å². The predicted molar refractivity (Wildman–Crippen MR) is 74.9 cm³/mol. The molecule has 104 valence electrons. The van der Waals surface area contributed by atoms with Crippen LogP contribution in [0.2, 0.25) is 0 Å². The Morgan fingerprint density at radius 3 is 2.75 bits per heavy atom. The van der Waals surface area contributed by atoms with Gasteiger partial charge >= 0.3 is 5.97 Å². The lowest BCUT2D eigenvalue weighted by Gasteiger charge is -2.07. The van der Waals surface area contributed by atoms with E-state index in [1.807, 2.05) is 13.0 Å². The van der Waals surface area contributed by atoms with Gasteiger partial charge in [0.1, 0.15) is 5.82 Å². The molecule has 0 aliphatic heterocycles. The van der Waals surface area contributed by atoms with Gasteiger partial charge < -0.3 is 9.72 Å². The van der Waals surface area contributed by atoms with Crippen LogP contribution >= 0.6 is 0 Å². The van der Waals surface area contributed by atoms with Gasteiger partial charge in [-0.3, -0.25) is 4.79 Å². The van der Waals surface area contributed by atoms with Gasteiger partial charge in [-0.2, -0.15) is 0 Å². The van der Waals surface area contributed by atoms with Gasteiger partial charge in [-0.05, 0) is 31.5 Å². The van der Waals surface area contributed by atoms with Gasteiger partial charge in [-0.1, -0.05) is 12.1 Å². The first-order valence-electron chi connectivity index (χ1n) is 6.25. The second kappa shape index (κ2) is 5.69. The highest BCUT2D eigenvalue weighted by Gasteiger charge is 2.10. The van der Waals surface area contributed by atoms with E-state index in [0.29, 0.717) is 29.1 Å². The number of nitrogens with one attached hydrogen (secondary N) is 1. The van der Waals surface area contributed by atoms with Crippen LogP contribution in [0.1, 0.15) is 33.0 Å². The first kappa shape index (κ1) is 14.0. The number of hydrogen-bond acceptors (Lipinski definition) is 4. The van der Waals surface area contributed by atoms with E-state index in [4.69, 9.17) is 0 Å². The molecule has 0 saturated carbocycles. The van der Waals surface area contributed by atoms with Crippen molar-refractivity contribution in [1.29, 1.82) is 0 Å². The van der Waals surface area contributed by atoms with E-state index in [0.717, 1.165) is 5.56 Å². The normalized spacial score (nSPS) is 10.3. The van der Waals surface area contributed by atoms with Crippen molar-refractivity contribution in [2.75, 3.05) is 7.11 Å². The van der Waals surface area contributed by atoms with Crippen molar-refractivity contribution in [1.82, 2.24) is 9.97 Å². The topological polar surface area (TPSA) is 72.0 Å². The molecule has 1 N–H and O–H groups in total. The highest BCUT2D eigenvalue weighted by Crippen LogP contribution is 2.12. The second-order valence-electron chi connectivity index (χ2n) is 4.58. The Morgan fingerprint density at radius 1 is 1.35 bits per heavy atom. The summed E-state index contributed by atoms with van der Waals surface area (Å²) in [6.07, 6.45) is 0.430. The fraction of sp³-hybridized carbons (Fsp3) is 0.267. The number of nitrogens with zero attached hydrogens (tertiary/aromatic N) is 1. The van der Waals surface area contributed by atoms with Crippen molar-refractivity contribution in [2.45, 2.75) is 20.3 Å². The van der Waals surface area contributed by atoms with E-state index >= 15 is 0 Å². The fourth-order valence-corrected chi connectivity index (χ4v) is 2.09. The fourth-order valence-electron chi connectivity index (χ4n) is 2.09. The molecule has 20 heavy (non-hydrogen) atoms. The molecular formula is C15H16N2O3. The Morgan fingerprint density at radius 2 is 2.10 bits per heavy atom. The van der Waals surface area contributed by atoms with E-state index in [-0.39, 0.29) is 11.5 Å². The lowest BCUT2D eigenvalue weighted by atomic mass is 10.0. The number of esters is 1. The molecule has 2 aromatic rings. The number of hydrogen-bond donors (Lipinski definition) is 1. The third kappa shape index (κ3) is 2.93. The van der Waals surface area contributed by atoms with Gasteiger partial charge in [0.05, 0.1) is 12.7 Å². The quantitative estimate of drug-likeness (QED) is 0.864. The molecule has 5 nitrogen and oxygen atoms in total.